The van der Waals surface area contributed by atoms with Crippen molar-refractivity contribution in [2.45, 2.75) is 13.3 Å². The number of carbonyl (C=O) groups excluding carboxylic acids is 2. The van der Waals surface area contributed by atoms with Gasteiger partial charge in [0.05, 0.1) is 30.1 Å². The van der Waals surface area contributed by atoms with Gasteiger partial charge in [0.15, 0.2) is 0 Å². The van der Waals surface area contributed by atoms with E-state index in [1.54, 1.807) is 24.3 Å². The largest absolute Gasteiger partial charge is 0.465 e. The van der Waals surface area contributed by atoms with Crippen molar-refractivity contribution in [3.05, 3.63) is 59.4 Å². The molecule has 1 heterocycles. The maximum Gasteiger partial charge on any atom is 0.337 e. The number of esters is 1. The van der Waals surface area contributed by atoms with E-state index in [4.69, 9.17) is 0 Å². The summed E-state index contributed by atoms with van der Waals surface area (Å²) in [7, 11) is 1.33. The number of anilines is 1. The van der Waals surface area contributed by atoms with E-state index in [0.29, 0.717) is 11.3 Å². The van der Waals surface area contributed by atoms with Crippen LogP contribution >= 0.6 is 0 Å². The SMILES string of the molecule is COC(=O)c1ccc(NC(=O)Cc2ccc3nc(C)[nH]c3c2)cc1. The Morgan fingerprint density at radius 2 is 1.92 bits per heavy atom. The maximum atomic E-state index is 12.2. The number of carbonyl (C=O) groups is 2. The second-order valence-electron chi connectivity index (χ2n) is 5.47. The first-order valence-corrected chi connectivity index (χ1v) is 7.48. The Morgan fingerprint density at radius 1 is 1.17 bits per heavy atom. The highest BCUT2D eigenvalue weighted by molar-refractivity contribution is 5.94. The number of rotatable bonds is 4. The number of benzene rings is 2. The third-order valence-corrected chi connectivity index (χ3v) is 3.62. The predicted molar refractivity (Wildman–Crippen MR) is 90.9 cm³/mol. The van der Waals surface area contributed by atoms with Gasteiger partial charge < -0.3 is 15.0 Å². The summed E-state index contributed by atoms with van der Waals surface area (Å²) in [6.45, 7) is 1.89. The van der Waals surface area contributed by atoms with Crippen LogP contribution in [-0.4, -0.2) is 29.0 Å². The molecule has 3 rings (SSSR count). The molecule has 0 radical (unpaired) electrons. The number of aromatic nitrogens is 2. The van der Waals surface area contributed by atoms with Crippen molar-refractivity contribution in [1.82, 2.24) is 9.97 Å². The summed E-state index contributed by atoms with van der Waals surface area (Å²) in [4.78, 5) is 31.0. The van der Waals surface area contributed by atoms with Crippen LogP contribution in [0.25, 0.3) is 11.0 Å². The molecule has 0 aliphatic carbocycles. The number of nitrogens with one attached hydrogen (secondary N) is 2. The fourth-order valence-corrected chi connectivity index (χ4v) is 2.49. The molecule has 0 aliphatic heterocycles. The number of aryl methyl sites for hydroxylation is 1. The van der Waals surface area contributed by atoms with Crippen molar-refractivity contribution in [3.63, 3.8) is 0 Å². The first-order valence-electron chi connectivity index (χ1n) is 7.48. The summed E-state index contributed by atoms with van der Waals surface area (Å²) in [6, 6.07) is 12.3. The van der Waals surface area contributed by atoms with Gasteiger partial charge in [0, 0.05) is 5.69 Å². The number of imidazole rings is 1. The van der Waals surface area contributed by atoms with Crippen LogP contribution in [-0.2, 0) is 16.0 Å². The van der Waals surface area contributed by atoms with E-state index in [0.717, 1.165) is 22.4 Å². The minimum absolute atomic E-state index is 0.128. The number of ether oxygens (including phenoxy) is 1. The second kappa shape index (κ2) is 6.54. The van der Waals surface area contributed by atoms with Gasteiger partial charge in [-0.2, -0.15) is 0 Å². The number of methoxy groups -OCH3 is 1. The van der Waals surface area contributed by atoms with E-state index in [2.05, 4.69) is 20.0 Å². The molecule has 6 nitrogen and oxygen atoms in total. The molecule has 0 saturated carbocycles. The van der Waals surface area contributed by atoms with Crippen LogP contribution in [0.1, 0.15) is 21.7 Å². The predicted octanol–water partition coefficient (Wildman–Crippen LogP) is 2.84. The summed E-state index contributed by atoms with van der Waals surface area (Å²) >= 11 is 0. The summed E-state index contributed by atoms with van der Waals surface area (Å²) in [5, 5.41) is 2.81. The Morgan fingerprint density at radius 3 is 2.62 bits per heavy atom. The molecular weight excluding hydrogens is 306 g/mol. The summed E-state index contributed by atoms with van der Waals surface area (Å²) in [5.74, 6) is 0.310. The van der Waals surface area contributed by atoms with E-state index in [1.165, 1.54) is 7.11 Å². The highest BCUT2D eigenvalue weighted by Gasteiger charge is 2.08. The molecule has 0 bridgehead atoms. The smallest absolute Gasteiger partial charge is 0.337 e. The zero-order valence-corrected chi connectivity index (χ0v) is 13.4. The molecule has 0 atom stereocenters. The molecular formula is C18H17N3O3. The zero-order valence-electron chi connectivity index (χ0n) is 13.4. The van der Waals surface area contributed by atoms with E-state index in [1.807, 2.05) is 25.1 Å². The van der Waals surface area contributed by atoms with Crippen LogP contribution in [0.2, 0.25) is 0 Å². The molecule has 0 spiro atoms. The fourth-order valence-electron chi connectivity index (χ4n) is 2.49. The third-order valence-electron chi connectivity index (χ3n) is 3.62. The van der Waals surface area contributed by atoms with Crippen molar-refractivity contribution < 1.29 is 14.3 Å². The van der Waals surface area contributed by atoms with Crippen LogP contribution in [0.5, 0.6) is 0 Å². The average Bonchev–Trinajstić information content (AvgIpc) is 2.94. The van der Waals surface area contributed by atoms with Crippen molar-refractivity contribution in [3.8, 4) is 0 Å². The van der Waals surface area contributed by atoms with E-state index in [9.17, 15) is 9.59 Å². The number of fused-ring (bicyclic) bond motifs is 1. The first kappa shape index (κ1) is 15.7. The van der Waals surface area contributed by atoms with Gasteiger partial charge >= 0.3 is 5.97 Å². The lowest BCUT2D eigenvalue weighted by Crippen LogP contribution is -2.14. The Kier molecular flexibility index (Phi) is 4.29. The van der Waals surface area contributed by atoms with Gasteiger partial charge in [-0.05, 0) is 48.9 Å². The van der Waals surface area contributed by atoms with Gasteiger partial charge in [0.25, 0.3) is 0 Å². The second-order valence-corrected chi connectivity index (χ2v) is 5.47. The molecule has 0 saturated heterocycles. The third kappa shape index (κ3) is 3.43. The molecule has 1 aromatic heterocycles. The normalized spacial score (nSPS) is 10.6. The van der Waals surface area contributed by atoms with Gasteiger partial charge in [0.2, 0.25) is 5.91 Å². The van der Waals surface area contributed by atoms with E-state index < -0.39 is 5.97 Å². The van der Waals surface area contributed by atoms with Crippen LogP contribution in [0.15, 0.2) is 42.5 Å². The molecule has 2 N–H and O–H groups in total. The van der Waals surface area contributed by atoms with Gasteiger partial charge in [-0.15, -0.1) is 0 Å². The topological polar surface area (TPSA) is 84.1 Å². The lowest BCUT2D eigenvalue weighted by molar-refractivity contribution is -0.115. The lowest BCUT2D eigenvalue weighted by atomic mass is 10.1. The number of hydrogen-bond donors (Lipinski definition) is 2. The standard InChI is InChI=1S/C18H17N3O3/c1-11-19-15-8-3-12(9-16(15)20-11)10-17(22)21-14-6-4-13(5-7-14)18(23)24-2/h3-9H,10H2,1-2H3,(H,19,20)(H,21,22). The van der Waals surface area contributed by atoms with Crippen LogP contribution in [0, 0.1) is 6.92 Å². The molecule has 1 amide bonds. The van der Waals surface area contributed by atoms with Gasteiger partial charge in [-0.3, -0.25) is 4.79 Å². The molecule has 0 aliphatic rings. The van der Waals surface area contributed by atoms with E-state index in [-0.39, 0.29) is 12.3 Å². The molecule has 2 aromatic carbocycles. The van der Waals surface area contributed by atoms with Gasteiger partial charge in [0.1, 0.15) is 5.82 Å². The summed E-state index contributed by atoms with van der Waals surface area (Å²) in [5.41, 5.74) is 3.77. The quantitative estimate of drug-likeness (QED) is 0.723. The van der Waals surface area contributed by atoms with Gasteiger partial charge in [-0.1, -0.05) is 6.07 Å². The van der Waals surface area contributed by atoms with Crippen LogP contribution in [0.3, 0.4) is 0 Å². The Hall–Kier alpha value is -3.15. The Balaban J connectivity index is 1.66. The maximum absolute atomic E-state index is 12.2. The molecule has 0 fully saturated rings. The molecule has 6 heteroatoms. The summed E-state index contributed by atoms with van der Waals surface area (Å²) < 4.78 is 4.64. The molecule has 24 heavy (non-hydrogen) atoms. The minimum atomic E-state index is -0.406. The first-order chi connectivity index (χ1) is 11.5. The van der Waals surface area contributed by atoms with Crippen molar-refractivity contribution in [2.24, 2.45) is 0 Å². The van der Waals surface area contributed by atoms with E-state index >= 15 is 0 Å². The highest BCUT2D eigenvalue weighted by Crippen LogP contribution is 2.15. The molecule has 122 valence electrons. The molecule has 0 unspecified atom stereocenters. The molecule has 3 aromatic rings. The Bertz CT molecular complexity index is 898. The van der Waals surface area contributed by atoms with Crippen molar-refractivity contribution >= 4 is 28.6 Å². The lowest BCUT2D eigenvalue weighted by Gasteiger charge is -2.06. The highest BCUT2D eigenvalue weighted by atomic mass is 16.5. The average molecular weight is 323 g/mol. The minimum Gasteiger partial charge on any atom is -0.465 e. The van der Waals surface area contributed by atoms with Crippen molar-refractivity contribution in [1.29, 1.82) is 0 Å². The summed E-state index contributed by atoms with van der Waals surface area (Å²) in [6.07, 6.45) is 0.257. The number of hydrogen-bond acceptors (Lipinski definition) is 4. The number of H-pyrrole nitrogens is 1. The fraction of sp³-hybridized carbons (Fsp3) is 0.167. The van der Waals surface area contributed by atoms with Crippen LogP contribution < -0.4 is 5.32 Å². The number of amides is 1. The monoisotopic (exact) mass is 323 g/mol. The number of aromatic amines is 1. The van der Waals surface area contributed by atoms with Crippen molar-refractivity contribution in [2.75, 3.05) is 12.4 Å². The van der Waals surface area contributed by atoms with Crippen LogP contribution in [0.4, 0.5) is 5.69 Å². The zero-order chi connectivity index (χ0) is 17.1. The van der Waals surface area contributed by atoms with Gasteiger partial charge in [-0.25, -0.2) is 9.78 Å². The Labute approximate surface area is 138 Å². The number of nitrogens with zero attached hydrogens (tertiary/aromatic N) is 1.